The molecule has 0 fully saturated rings. The van der Waals surface area contributed by atoms with E-state index in [0.717, 1.165) is 0 Å². The molecule has 0 saturated carbocycles. The molecule has 136 valence electrons. The lowest BCUT2D eigenvalue weighted by atomic mass is 9.94. The number of hydrogen-bond donors (Lipinski definition) is 0. The number of hydrogen-bond acceptors (Lipinski definition) is 0. The summed E-state index contributed by atoms with van der Waals surface area (Å²) in [6, 6.07) is 42.4. The second kappa shape index (κ2) is 6.69. The zero-order valence-corrected chi connectivity index (χ0v) is 16.8. The van der Waals surface area contributed by atoms with Gasteiger partial charge in [-0.1, -0.05) is 103 Å². The maximum absolute atomic E-state index is 2.42. The molecular formula is C28H19P. The summed E-state index contributed by atoms with van der Waals surface area (Å²) in [5.74, 6) is 0. The molecule has 0 aliphatic carbocycles. The van der Waals surface area contributed by atoms with Gasteiger partial charge < -0.3 is 0 Å². The van der Waals surface area contributed by atoms with Crippen molar-refractivity contribution in [2.45, 2.75) is 0 Å². The van der Waals surface area contributed by atoms with E-state index in [0.29, 0.717) is 0 Å². The van der Waals surface area contributed by atoms with Gasteiger partial charge in [-0.3, -0.25) is 0 Å². The number of benzene rings is 6. The topological polar surface area (TPSA) is 0 Å². The smallest absolute Gasteiger partial charge is 0.00263 e. The fraction of sp³-hybridized carbons (Fsp3) is 0. The summed E-state index contributed by atoms with van der Waals surface area (Å²) < 4.78 is 0. The Labute approximate surface area is 171 Å². The lowest BCUT2D eigenvalue weighted by molar-refractivity contribution is 1.75. The first-order chi connectivity index (χ1) is 14.4. The summed E-state index contributed by atoms with van der Waals surface area (Å²) in [6.07, 6.45) is 0. The molecule has 0 unspecified atom stereocenters. The predicted molar refractivity (Wildman–Crippen MR) is 129 cm³/mol. The van der Waals surface area contributed by atoms with Crippen molar-refractivity contribution in [2.75, 3.05) is 0 Å². The van der Waals surface area contributed by atoms with Crippen LogP contribution in [0.15, 0.2) is 115 Å². The first-order valence-corrected chi connectivity index (χ1v) is 11.3. The summed E-state index contributed by atoms with van der Waals surface area (Å²) >= 11 is 0. The van der Waals surface area contributed by atoms with Crippen molar-refractivity contribution in [1.82, 2.24) is 0 Å². The maximum Gasteiger partial charge on any atom is -0.00263 e. The molecule has 0 aliphatic rings. The van der Waals surface area contributed by atoms with Gasteiger partial charge in [-0.15, -0.1) is 0 Å². The summed E-state index contributed by atoms with van der Waals surface area (Å²) in [4.78, 5) is 0. The van der Waals surface area contributed by atoms with Crippen LogP contribution < -0.4 is 15.9 Å². The highest BCUT2D eigenvalue weighted by molar-refractivity contribution is 7.79. The Balaban J connectivity index is 1.66. The summed E-state index contributed by atoms with van der Waals surface area (Å²) in [6.45, 7) is 0. The van der Waals surface area contributed by atoms with Crippen LogP contribution in [0.3, 0.4) is 0 Å². The Morgan fingerprint density at radius 2 is 0.793 bits per heavy atom. The second-order valence-corrected chi connectivity index (χ2v) is 9.70. The zero-order chi connectivity index (χ0) is 19.2. The van der Waals surface area contributed by atoms with E-state index in [1.54, 1.807) is 0 Å². The van der Waals surface area contributed by atoms with Gasteiger partial charge in [0.15, 0.2) is 0 Å². The van der Waals surface area contributed by atoms with Crippen LogP contribution in [0.1, 0.15) is 0 Å². The van der Waals surface area contributed by atoms with Crippen LogP contribution in [-0.2, 0) is 0 Å². The van der Waals surface area contributed by atoms with Crippen molar-refractivity contribution in [1.29, 1.82) is 0 Å². The first-order valence-electron chi connectivity index (χ1n) is 9.96. The minimum absolute atomic E-state index is 0.598. The molecule has 0 saturated heterocycles. The molecule has 0 radical (unpaired) electrons. The normalized spacial score (nSPS) is 11.8. The van der Waals surface area contributed by atoms with E-state index < -0.39 is 7.92 Å². The third-order valence-electron chi connectivity index (χ3n) is 5.73. The van der Waals surface area contributed by atoms with E-state index in [4.69, 9.17) is 0 Å². The van der Waals surface area contributed by atoms with Crippen LogP contribution in [0.4, 0.5) is 0 Å². The van der Waals surface area contributed by atoms with Gasteiger partial charge in [-0.2, -0.15) is 0 Å². The lowest BCUT2D eigenvalue weighted by Gasteiger charge is -2.21. The highest BCUT2D eigenvalue weighted by atomic mass is 31.1. The fourth-order valence-electron chi connectivity index (χ4n) is 4.47. The fourth-order valence-corrected chi connectivity index (χ4v) is 6.84. The molecule has 0 amide bonds. The van der Waals surface area contributed by atoms with Crippen molar-refractivity contribution in [3.8, 4) is 0 Å². The predicted octanol–water partition coefficient (Wildman–Crippen LogP) is 6.34. The standard InChI is InChI=1S/C28H19P/c1-3-10-24(11-4-1)29(25-12-5-2-6-13-25)26-18-22-16-14-20-8-7-9-21-15-17-23(19-26)28(22)27(20)21/h1-19H. The van der Waals surface area contributed by atoms with Gasteiger partial charge in [-0.05, 0) is 68.3 Å². The van der Waals surface area contributed by atoms with Crippen LogP contribution in [0.2, 0.25) is 0 Å². The van der Waals surface area contributed by atoms with E-state index in [-0.39, 0.29) is 0 Å². The third kappa shape index (κ3) is 2.72. The van der Waals surface area contributed by atoms with Crippen molar-refractivity contribution >= 4 is 56.2 Å². The molecule has 6 aromatic rings. The highest BCUT2D eigenvalue weighted by Gasteiger charge is 2.18. The van der Waals surface area contributed by atoms with Crippen LogP contribution in [0.5, 0.6) is 0 Å². The maximum atomic E-state index is 2.42. The molecule has 0 bridgehead atoms. The van der Waals surface area contributed by atoms with Gasteiger partial charge in [0.25, 0.3) is 0 Å². The van der Waals surface area contributed by atoms with Crippen molar-refractivity contribution in [2.24, 2.45) is 0 Å². The van der Waals surface area contributed by atoms with E-state index in [1.807, 2.05) is 0 Å². The van der Waals surface area contributed by atoms with Gasteiger partial charge in [0.05, 0.1) is 0 Å². The first kappa shape index (κ1) is 16.7. The quantitative estimate of drug-likeness (QED) is 0.246. The average molecular weight is 386 g/mol. The molecule has 0 aromatic heterocycles. The molecule has 6 rings (SSSR count). The molecule has 0 aliphatic heterocycles. The Kier molecular flexibility index (Phi) is 3.86. The van der Waals surface area contributed by atoms with Crippen molar-refractivity contribution in [3.05, 3.63) is 115 Å². The highest BCUT2D eigenvalue weighted by Crippen LogP contribution is 2.38. The molecule has 29 heavy (non-hydrogen) atoms. The van der Waals surface area contributed by atoms with Crippen molar-refractivity contribution in [3.63, 3.8) is 0 Å². The van der Waals surface area contributed by atoms with Crippen LogP contribution in [0, 0.1) is 0 Å². The zero-order valence-electron chi connectivity index (χ0n) is 15.9. The van der Waals surface area contributed by atoms with E-state index in [2.05, 4.69) is 115 Å². The Bertz CT molecular complexity index is 1330. The van der Waals surface area contributed by atoms with Gasteiger partial charge in [-0.25, -0.2) is 0 Å². The Morgan fingerprint density at radius 3 is 1.31 bits per heavy atom. The summed E-state index contributed by atoms with van der Waals surface area (Å²) in [5, 5.41) is 12.3. The number of rotatable bonds is 3. The monoisotopic (exact) mass is 386 g/mol. The van der Waals surface area contributed by atoms with E-state index in [1.165, 1.54) is 48.2 Å². The SMILES string of the molecule is c1ccc(P(c2ccccc2)c2cc3ccc4cccc5ccc(c2)c3c45)cc1. The molecule has 1 heteroatoms. The average Bonchev–Trinajstić information content (AvgIpc) is 2.79. The summed E-state index contributed by atoms with van der Waals surface area (Å²) in [7, 11) is -0.598. The molecule has 0 heterocycles. The minimum Gasteiger partial charge on any atom is -0.0622 e. The second-order valence-electron chi connectivity index (χ2n) is 7.48. The molecule has 0 atom stereocenters. The van der Waals surface area contributed by atoms with E-state index >= 15 is 0 Å². The molecular weight excluding hydrogens is 367 g/mol. The van der Waals surface area contributed by atoms with Crippen LogP contribution in [0.25, 0.3) is 32.3 Å². The summed E-state index contributed by atoms with van der Waals surface area (Å²) in [5.41, 5.74) is 0. The van der Waals surface area contributed by atoms with Gasteiger partial charge in [0.2, 0.25) is 0 Å². The van der Waals surface area contributed by atoms with Crippen LogP contribution in [-0.4, -0.2) is 0 Å². The molecule has 0 nitrogen and oxygen atoms in total. The Morgan fingerprint density at radius 1 is 0.345 bits per heavy atom. The van der Waals surface area contributed by atoms with Gasteiger partial charge >= 0.3 is 0 Å². The lowest BCUT2D eigenvalue weighted by Crippen LogP contribution is -2.20. The van der Waals surface area contributed by atoms with Crippen LogP contribution >= 0.6 is 7.92 Å². The van der Waals surface area contributed by atoms with Gasteiger partial charge in [0, 0.05) is 0 Å². The largest absolute Gasteiger partial charge is 0.0622 e. The third-order valence-corrected chi connectivity index (χ3v) is 8.14. The minimum atomic E-state index is -0.598. The van der Waals surface area contributed by atoms with Crippen molar-refractivity contribution < 1.29 is 0 Å². The van der Waals surface area contributed by atoms with Gasteiger partial charge in [0.1, 0.15) is 0 Å². The molecule has 0 spiro atoms. The molecule has 6 aromatic carbocycles. The van der Waals surface area contributed by atoms with E-state index in [9.17, 15) is 0 Å². The Hall–Kier alpha value is -3.21. The molecule has 0 N–H and O–H groups in total.